The van der Waals surface area contributed by atoms with Crippen LogP contribution in [0.4, 0.5) is 0 Å². The number of nitrogens with zero attached hydrogens (tertiary/aromatic N) is 2. The Morgan fingerprint density at radius 2 is 1.96 bits per heavy atom. The molecule has 0 saturated carbocycles. The highest BCUT2D eigenvalue weighted by molar-refractivity contribution is 5.85. The van der Waals surface area contributed by atoms with Gasteiger partial charge in [0.1, 0.15) is 11.3 Å². The minimum absolute atomic E-state index is 0.132. The maximum atomic E-state index is 12.1. The zero-order valence-electron chi connectivity index (χ0n) is 16.3. The Kier molecular flexibility index (Phi) is 5.50. The van der Waals surface area contributed by atoms with Crippen LogP contribution in [-0.2, 0) is 4.79 Å². The SMILES string of the molecule is C#CCCC1(CCNC(=O)COc2ccc3c(C)c(C)c(=O)oc3c2C)N=N1. The third kappa shape index (κ3) is 4.06. The fraction of sp³-hybridized carbons (Fsp3) is 0.429. The third-order valence-electron chi connectivity index (χ3n) is 5.08. The average Bonchev–Trinajstić information content (AvgIpc) is 3.44. The highest BCUT2D eigenvalue weighted by Gasteiger charge is 2.38. The van der Waals surface area contributed by atoms with Gasteiger partial charge in [-0.3, -0.25) is 4.79 Å². The van der Waals surface area contributed by atoms with E-state index in [2.05, 4.69) is 21.5 Å². The summed E-state index contributed by atoms with van der Waals surface area (Å²) in [5, 5.41) is 11.7. The van der Waals surface area contributed by atoms with Crippen LogP contribution in [0.3, 0.4) is 0 Å². The average molecular weight is 381 g/mol. The van der Waals surface area contributed by atoms with Gasteiger partial charge in [0.15, 0.2) is 12.3 Å². The van der Waals surface area contributed by atoms with Crippen LogP contribution in [0.15, 0.2) is 31.6 Å². The van der Waals surface area contributed by atoms with Gasteiger partial charge < -0.3 is 14.5 Å². The van der Waals surface area contributed by atoms with Crippen LogP contribution in [0.5, 0.6) is 5.75 Å². The molecule has 1 aliphatic heterocycles. The topological polar surface area (TPSA) is 93.3 Å². The summed E-state index contributed by atoms with van der Waals surface area (Å²) in [6.07, 6.45) is 7.20. The Hall–Kier alpha value is -3.14. The zero-order chi connectivity index (χ0) is 20.3. The molecule has 7 heteroatoms. The molecule has 0 spiro atoms. The highest BCUT2D eigenvalue weighted by atomic mass is 16.5. The molecule has 28 heavy (non-hydrogen) atoms. The number of ether oxygens (including phenoxy) is 1. The van der Waals surface area contributed by atoms with Crippen molar-refractivity contribution >= 4 is 16.9 Å². The van der Waals surface area contributed by atoms with E-state index in [0.29, 0.717) is 48.3 Å². The lowest BCUT2D eigenvalue weighted by atomic mass is 10.0. The number of carbonyl (C=O) groups excluding carboxylic acids is 1. The first-order valence-electron chi connectivity index (χ1n) is 9.17. The van der Waals surface area contributed by atoms with Crippen molar-refractivity contribution in [2.45, 2.75) is 45.7 Å². The second-order valence-electron chi connectivity index (χ2n) is 6.98. The van der Waals surface area contributed by atoms with Gasteiger partial charge in [0, 0.05) is 42.3 Å². The second kappa shape index (κ2) is 7.85. The van der Waals surface area contributed by atoms with Crippen molar-refractivity contribution in [1.29, 1.82) is 0 Å². The van der Waals surface area contributed by atoms with Crippen LogP contribution in [0.25, 0.3) is 11.0 Å². The van der Waals surface area contributed by atoms with E-state index in [0.717, 1.165) is 10.9 Å². The maximum Gasteiger partial charge on any atom is 0.339 e. The molecule has 1 aromatic carbocycles. The lowest BCUT2D eigenvalue weighted by Gasteiger charge is -2.13. The molecule has 1 aromatic heterocycles. The van der Waals surface area contributed by atoms with E-state index in [9.17, 15) is 9.59 Å². The summed E-state index contributed by atoms with van der Waals surface area (Å²) in [5.74, 6) is 2.84. The summed E-state index contributed by atoms with van der Waals surface area (Å²) >= 11 is 0. The van der Waals surface area contributed by atoms with Gasteiger partial charge >= 0.3 is 5.63 Å². The molecule has 0 atom stereocenters. The van der Waals surface area contributed by atoms with Crippen molar-refractivity contribution < 1.29 is 13.9 Å². The van der Waals surface area contributed by atoms with E-state index >= 15 is 0 Å². The predicted molar refractivity (Wildman–Crippen MR) is 105 cm³/mol. The quantitative estimate of drug-likeness (QED) is 0.561. The zero-order valence-corrected chi connectivity index (χ0v) is 16.3. The van der Waals surface area contributed by atoms with E-state index in [1.54, 1.807) is 19.9 Å². The van der Waals surface area contributed by atoms with Gasteiger partial charge in [-0.15, -0.1) is 12.3 Å². The van der Waals surface area contributed by atoms with Crippen molar-refractivity contribution in [3.63, 3.8) is 0 Å². The Morgan fingerprint density at radius 1 is 1.21 bits per heavy atom. The Balaban J connectivity index is 1.57. The lowest BCUT2D eigenvalue weighted by molar-refractivity contribution is -0.123. The number of amides is 1. The minimum atomic E-state index is -0.414. The molecule has 0 aliphatic carbocycles. The summed E-state index contributed by atoms with van der Waals surface area (Å²) in [6.45, 7) is 5.75. The van der Waals surface area contributed by atoms with Crippen molar-refractivity contribution in [3.05, 3.63) is 39.2 Å². The van der Waals surface area contributed by atoms with Crippen molar-refractivity contribution in [1.82, 2.24) is 5.32 Å². The molecule has 0 bridgehead atoms. The third-order valence-corrected chi connectivity index (χ3v) is 5.08. The van der Waals surface area contributed by atoms with Crippen LogP contribution in [0.1, 0.15) is 36.0 Å². The molecule has 0 fully saturated rings. The summed E-state index contributed by atoms with van der Waals surface area (Å²) in [6, 6.07) is 3.63. The molecule has 146 valence electrons. The Labute approximate surface area is 163 Å². The maximum absolute atomic E-state index is 12.1. The molecule has 0 unspecified atom stereocenters. The number of rotatable bonds is 8. The van der Waals surface area contributed by atoms with Gasteiger partial charge in [-0.2, -0.15) is 10.2 Å². The van der Waals surface area contributed by atoms with Gasteiger partial charge in [0.25, 0.3) is 5.91 Å². The standard InChI is InChI=1S/C21H23N3O4/c1-5-6-9-21(23-24-21)10-11-22-18(25)12-27-17-8-7-16-13(2)14(3)20(26)28-19(16)15(17)4/h1,7-8H,6,9-12H2,2-4H3,(H,22,25). The number of aryl methyl sites for hydroxylation is 2. The molecule has 1 aliphatic rings. The van der Waals surface area contributed by atoms with Crippen LogP contribution in [-0.4, -0.2) is 24.7 Å². The smallest absolute Gasteiger partial charge is 0.339 e. The van der Waals surface area contributed by atoms with Gasteiger partial charge in [-0.25, -0.2) is 4.79 Å². The second-order valence-corrected chi connectivity index (χ2v) is 6.98. The molecule has 7 nitrogen and oxygen atoms in total. The molecule has 1 N–H and O–H groups in total. The van der Waals surface area contributed by atoms with Gasteiger partial charge in [-0.1, -0.05) is 0 Å². The molecule has 3 rings (SSSR count). The lowest BCUT2D eigenvalue weighted by Crippen LogP contribution is -2.32. The van der Waals surface area contributed by atoms with Crippen LogP contribution in [0.2, 0.25) is 0 Å². The summed E-state index contributed by atoms with van der Waals surface area (Å²) in [7, 11) is 0. The molecule has 2 aromatic rings. The minimum Gasteiger partial charge on any atom is -0.483 e. The predicted octanol–water partition coefficient (Wildman–Crippen LogP) is 3.18. The summed E-state index contributed by atoms with van der Waals surface area (Å²) in [4.78, 5) is 24.0. The highest BCUT2D eigenvalue weighted by Crippen LogP contribution is 2.36. The van der Waals surface area contributed by atoms with Gasteiger partial charge in [-0.05, 0) is 38.5 Å². The van der Waals surface area contributed by atoms with E-state index in [4.69, 9.17) is 15.6 Å². The van der Waals surface area contributed by atoms with Crippen molar-refractivity contribution in [3.8, 4) is 18.1 Å². The number of hydrogen-bond acceptors (Lipinski definition) is 6. The molecule has 1 amide bonds. The van der Waals surface area contributed by atoms with Gasteiger partial charge in [0.2, 0.25) is 0 Å². The summed E-state index contributed by atoms with van der Waals surface area (Å²) in [5.41, 5.74) is 1.87. The first-order chi connectivity index (χ1) is 13.4. The van der Waals surface area contributed by atoms with Crippen LogP contribution in [0, 0.1) is 33.1 Å². The molecular formula is C21H23N3O4. The Morgan fingerprint density at radius 3 is 2.64 bits per heavy atom. The van der Waals surface area contributed by atoms with Crippen molar-refractivity contribution in [2.24, 2.45) is 10.2 Å². The van der Waals surface area contributed by atoms with Crippen LogP contribution >= 0.6 is 0 Å². The van der Waals surface area contributed by atoms with E-state index in [1.165, 1.54) is 0 Å². The Bertz CT molecular complexity index is 1040. The van der Waals surface area contributed by atoms with E-state index in [-0.39, 0.29) is 18.1 Å². The molecule has 0 radical (unpaired) electrons. The summed E-state index contributed by atoms with van der Waals surface area (Å²) < 4.78 is 11.1. The number of carbonyl (C=O) groups is 1. The molecule has 0 saturated heterocycles. The largest absolute Gasteiger partial charge is 0.483 e. The number of hydrogen-bond donors (Lipinski definition) is 1. The molecular weight excluding hydrogens is 358 g/mol. The number of terminal acetylenes is 1. The molecule has 2 heterocycles. The first-order valence-corrected chi connectivity index (χ1v) is 9.17. The normalized spacial score (nSPS) is 13.9. The van der Waals surface area contributed by atoms with E-state index < -0.39 is 5.66 Å². The van der Waals surface area contributed by atoms with E-state index in [1.807, 2.05) is 13.0 Å². The number of nitrogens with one attached hydrogen (secondary N) is 1. The fourth-order valence-corrected chi connectivity index (χ4v) is 3.05. The first kappa shape index (κ1) is 19.6. The fourth-order valence-electron chi connectivity index (χ4n) is 3.05. The van der Waals surface area contributed by atoms with Crippen molar-refractivity contribution in [2.75, 3.05) is 13.2 Å². The van der Waals surface area contributed by atoms with Crippen LogP contribution < -0.4 is 15.7 Å². The monoisotopic (exact) mass is 381 g/mol. The van der Waals surface area contributed by atoms with Gasteiger partial charge in [0.05, 0.1) is 0 Å². The number of benzene rings is 1. The number of fused-ring (bicyclic) bond motifs is 1.